The van der Waals surface area contributed by atoms with E-state index in [1.807, 2.05) is 0 Å². The molecule has 0 amide bonds. The van der Waals surface area contributed by atoms with Crippen molar-refractivity contribution in [2.24, 2.45) is 5.73 Å². The summed E-state index contributed by atoms with van der Waals surface area (Å²) in [6.45, 7) is 0.381. The first-order valence-corrected chi connectivity index (χ1v) is 6.34. The summed E-state index contributed by atoms with van der Waals surface area (Å²) in [5, 5.41) is -0.253. The van der Waals surface area contributed by atoms with Gasteiger partial charge in [-0.05, 0) is 30.5 Å². The Balaban J connectivity index is 2.46. The first-order valence-electron chi connectivity index (χ1n) is 5.96. The molecule has 1 nitrogen and oxygen atoms in total. The third kappa shape index (κ3) is 2.36. The van der Waals surface area contributed by atoms with E-state index < -0.39 is 11.7 Å². The van der Waals surface area contributed by atoms with Crippen LogP contribution in [-0.2, 0) is 11.6 Å². The lowest BCUT2D eigenvalue weighted by molar-refractivity contribution is -0.137. The van der Waals surface area contributed by atoms with Gasteiger partial charge in [0.15, 0.2) is 0 Å². The Morgan fingerprint density at radius 3 is 2.33 bits per heavy atom. The zero-order chi connectivity index (χ0) is 13.4. The first kappa shape index (κ1) is 13.7. The number of benzene rings is 1. The van der Waals surface area contributed by atoms with Crippen LogP contribution in [0.2, 0.25) is 5.02 Å². The fourth-order valence-electron chi connectivity index (χ4n) is 2.73. The van der Waals surface area contributed by atoms with E-state index in [0.29, 0.717) is 12.1 Å². The Morgan fingerprint density at radius 2 is 1.83 bits per heavy atom. The van der Waals surface area contributed by atoms with Crippen LogP contribution in [-0.4, -0.2) is 6.54 Å². The van der Waals surface area contributed by atoms with Crippen molar-refractivity contribution in [1.29, 1.82) is 0 Å². The van der Waals surface area contributed by atoms with Gasteiger partial charge in [-0.15, -0.1) is 0 Å². The van der Waals surface area contributed by atoms with Crippen molar-refractivity contribution in [2.75, 3.05) is 6.54 Å². The maximum absolute atomic E-state index is 12.8. The van der Waals surface area contributed by atoms with Crippen LogP contribution in [0.15, 0.2) is 18.2 Å². The zero-order valence-electron chi connectivity index (χ0n) is 9.86. The van der Waals surface area contributed by atoms with Crippen LogP contribution in [0.5, 0.6) is 0 Å². The van der Waals surface area contributed by atoms with Crippen molar-refractivity contribution in [3.05, 3.63) is 34.3 Å². The molecule has 1 aromatic carbocycles. The summed E-state index contributed by atoms with van der Waals surface area (Å²) in [7, 11) is 0. The lowest BCUT2D eigenvalue weighted by Crippen LogP contribution is -2.32. The van der Waals surface area contributed by atoms with Crippen LogP contribution in [0, 0.1) is 0 Å². The Labute approximate surface area is 109 Å². The van der Waals surface area contributed by atoms with Gasteiger partial charge in [0.25, 0.3) is 0 Å². The fraction of sp³-hybridized carbons (Fsp3) is 0.538. The lowest BCUT2D eigenvalue weighted by Gasteiger charge is -2.28. The molecule has 1 fully saturated rings. The maximum atomic E-state index is 12.8. The van der Waals surface area contributed by atoms with Gasteiger partial charge in [-0.1, -0.05) is 30.5 Å². The molecule has 1 aromatic rings. The second kappa shape index (κ2) is 4.74. The molecular weight excluding hydrogens is 263 g/mol. The summed E-state index contributed by atoms with van der Waals surface area (Å²) < 4.78 is 38.5. The molecule has 0 atom stereocenters. The molecule has 0 spiro atoms. The minimum Gasteiger partial charge on any atom is -0.330 e. The molecule has 1 aliphatic rings. The Morgan fingerprint density at radius 1 is 1.22 bits per heavy atom. The number of hydrogen-bond donors (Lipinski definition) is 1. The van der Waals surface area contributed by atoms with E-state index in [1.54, 1.807) is 6.07 Å². The number of rotatable bonds is 2. The second-order valence-corrected chi connectivity index (χ2v) is 5.29. The highest BCUT2D eigenvalue weighted by Gasteiger charge is 2.38. The second-order valence-electron chi connectivity index (χ2n) is 4.88. The molecule has 1 aliphatic carbocycles. The largest absolute Gasteiger partial charge is 0.417 e. The zero-order valence-corrected chi connectivity index (χ0v) is 10.6. The van der Waals surface area contributed by atoms with Crippen LogP contribution >= 0.6 is 11.6 Å². The van der Waals surface area contributed by atoms with Gasteiger partial charge < -0.3 is 5.73 Å². The first-order chi connectivity index (χ1) is 8.39. The normalized spacial score (nSPS) is 19.2. The van der Waals surface area contributed by atoms with Gasteiger partial charge in [0.1, 0.15) is 0 Å². The fourth-order valence-corrected chi connectivity index (χ4v) is 2.96. The van der Waals surface area contributed by atoms with Crippen LogP contribution in [0.1, 0.15) is 36.8 Å². The Kier molecular flexibility index (Phi) is 3.60. The molecule has 2 N–H and O–H groups in total. The van der Waals surface area contributed by atoms with Crippen molar-refractivity contribution < 1.29 is 13.2 Å². The molecule has 0 radical (unpaired) electrons. The Bertz CT molecular complexity index is 436. The molecule has 0 aromatic heterocycles. The van der Waals surface area contributed by atoms with Crippen LogP contribution < -0.4 is 5.73 Å². The van der Waals surface area contributed by atoms with Crippen LogP contribution in [0.4, 0.5) is 13.2 Å². The van der Waals surface area contributed by atoms with Gasteiger partial charge in [0.2, 0.25) is 0 Å². The number of halogens is 4. The van der Waals surface area contributed by atoms with Crippen molar-refractivity contribution in [3.63, 3.8) is 0 Å². The number of nitrogens with two attached hydrogens (primary N) is 1. The molecule has 18 heavy (non-hydrogen) atoms. The van der Waals surface area contributed by atoms with Crippen molar-refractivity contribution in [1.82, 2.24) is 0 Å². The van der Waals surface area contributed by atoms with Gasteiger partial charge >= 0.3 is 6.18 Å². The average molecular weight is 278 g/mol. The van der Waals surface area contributed by atoms with Gasteiger partial charge in [-0.2, -0.15) is 13.2 Å². The summed E-state index contributed by atoms with van der Waals surface area (Å²) in [6, 6.07) is 4.17. The molecular formula is C13H15ClF3N. The molecule has 0 aliphatic heterocycles. The summed E-state index contributed by atoms with van der Waals surface area (Å²) in [6.07, 6.45) is -0.686. The van der Waals surface area contributed by atoms with Gasteiger partial charge in [-0.25, -0.2) is 0 Å². The monoisotopic (exact) mass is 277 g/mol. The van der Waals surface area contributed by atoms with Crippen LogP contribution in [0.3, 0.4) is 0 Å². The van der Waals surface area contributed by atoms with Gasteiger partial charge in [-0.3, -0.25) is 0 Å². The van der Waals surface area contributed by atoms with E-state index in [2.05, 4.69) is 0 Å². The molecule has 5 heteroatoms. The van der Waals surface area contributed by atoms with Crippen molar-refractivity contribution >= 4 is 11.6 Å². The Hall–Kier alpha value is -0.740. The molecule has 0 saturated heterocycles. The van der Waals surface area contributed by atoms with Crippen molar-refractivity contribution in [2.45, 2.75) is 37.3 Å². The van der Waals surface area contributed by atoms with E-state index in [4.69, 9.17) is 17.3 Å². The molecule has 0 unspecified atom stereocenters. The molecule has 2 rings (SSSR count). The highest BCUT2D eigenvalue weighted by atomic mass is 35.5. The maximum Gasteiger partial charge on any atom is 0.417 e. The minimum absolute atomic E-state index is 0.253. The third-order valence-electron chi connectivity index (χ3n) is 3.84. The summed E-state index contributed by atoms with van der Waals surface area (Å²) in [5.41, 5.74) is 5.39. The van der Waals surface area contributed by atoms with E-state index in [0.717, 1.165) is 25.7 Å². The minimum atomic E-state index is -4.42. The van der Waals surface area contributed by atoms with Crippen LogP contribution in [0.25, 0.3) is 0 Å². The topological polar surface area (TPSA) is 26.0 Å². The van der Waals surface area contributed by atoms with Crippen molar-refractivity contribution in [3.8, 4) is 0 Å². The summed E-state index contributed by atoms with van der Waals surface area (Å²) in [4.78, 5) is 0. The number of hydrogen-bond acceptors (Lipinski definition) is 1. The quantitative estimate of drug-likeness (QED) is 0.864. The smallest absolute Gasteiger partial charge is 0.330 e. The lowest BCUT2D eigenvalue weighted by atomic mass is 9.78. The molecule has 100 valence electrons. The summed E-state index contributed by atoms with van der Waals surface area (Å²) >= 11 is 5.62. The molecule has 1 saturated carbocycles. The highest BCUT2D eigenvalue weighted by molar-refractivity contribution is 6.31. The predicted molar refractivity (Wildman–Crippen MR) is 65.7 cm³/mol. The molecule has 0 heterocycles. The third-order valence-corrected chi connectivity index (χ3v) is 4.17. The van der Waals surface area contributed by atoms with E-state index >= 15 is 0 Å². The highest BCUT2D eigenvalue weighted by Crippen LogP contribution is 2.43. The van der Waals surface area contributed by atoms with E-state index in [9.17, 15) is 13.2 Å². The standard InChI is InChI=1S/C13H15ClF3N/c14-11-4-3-9(7-10(11)13(15,16)17)12(8-18)5-1-2-6-12/h3-4,7H,1-2,5-6,8,18H2. The average Bonchev–Trinajstić information content (AvgIpc) is 2.78. The van der Waals surface area contributed by atoms with Gasteiger partial charge in [0, 0.05) is 12.0 Å². The predicted octanol–water partition coefficient (Wildman–Crippen LogP) is 4.13. The molecule has 0 bridgehead atoms. The van der Waals surface area contributed by atoms with E-state index in [-0.39, 0.29) is 10.4 Å². The van der Waals surface area contributed by atoms with Gasteiger partial charge in [0.05, 0.1) is 10.6 Å². The SMILES string of the molecule is NCC1(c2ccc(Cl)c(C(F)(F)F)c2)CCCC1. The summed E-state index contributed by atoms with van der Waals surface area (Å²) in [5.74, 6) is 0. The van der Waals surface area contributed by atoms with E-state index in [1.165, 1.54) is 12.1 Å². The number of alkyl halides is 3.